The monoisotopic (exact) mass is 414 g/mol. The van der Waals surface area contributed by atoms with Gasteiger partial charge in [0.05, 0.1) is 5.69 Å². The summed E-state index contributed by atoms with van der Waals surface area (Å²) < 4.78 is 0.674. The van der Waals surface area contributed by atoms with Crippen LogP contribution in [0.4, 0.5) is 10.5 Å². The maximum atomic E-state index is 12.9. The number of amides is 4. The van der Waals surface area contributed by atoms with Crippen LogP contribution in [0.15, 0.2) is 46.4 Å². The molecule has 1 aliphatic rings. The molecule has 2 N–H and O–H groups in total. The molecule has 0 bridgehead atoms. The molecule has 1 heterocycles. The summed E-state index contributed by atoms with van der Waals surface area (Å²) >= 11 is 3.28. The van der Waals surface area contributed by atoms with E-state index in [1.54, 1.807) is 31.2 Å². The zero-order valence-corrected chi connectivity index (χ0v) is 15.6. The molecule has 4 amide bonds. The first kappa shape index (κ1) is 17.9. The number of hydrogen-bond acceptors (Lipinski definition) is 4. The highest BCUT2D eigenvalue weighted by molar-refractivity contribution is 9.10. The Labute approximate surface area is 158 Å². The molecule has 0 radical (unpaired) electrons. The summed E-state index contributed by atoms with van der Waals surface area (Å²) in [5.41, 5.74) is 2.13. The molecule has 0 unspecified atom stereocenters. The van der Waals surface area contributed by atoms with Crippen molar-refractivity contribution in [2.45, 2.75) is 13.8 Å². The van der Waals surface area contributed by atoms with E-state index in [0.29, 0.717) is 10.2 Å². The molecule has 3 rings (SSSR count). The van der Waals surface area contributed by atoms with Crippen LogP contribution < -0.4 is 10.2 Å². The van der Waals surface area contributed by atoms with E-state index >= 15 is 0 Å². The number of nitrogens with one attached hydrogen (secondary N) is 1. The van der Waals surface area contributed by atoms with Gasteiger partial charge in [0.15, 0.2) is 0 Å². The first-order chi connectivity index (χ1) is 12.3. The fraction of sp³-hybridized carbons (Fsp3) is 0.105. The molecule has 0 aliphatic carbocycles. The Kier molecular flexibility index (Phi) is 4.65. The van der Waals surface area contributed by atoms with Gasteiger partial charge in [0.2, 0.25) is 0 Å². The van der Waals surface area contributed by atoms with Crippen LogP contribution >= 0.6 is 15.9 Å². The topological polar surface area (TPSA) is 86.7 Å². The van der Waals surface area contributed by atoms with Crippen LogP contribution in [0.25, 0.3) is 6.08 Å². The van der Waals surface area contributed by atoms with Crippen molar-refractivity contribution in [3.05, 3.63) is 63.1 Å². The van der Waals surface area contributed by atoms with Gasteiger partial charge in [-0.25, -0.2) is 9.69 Å². The summed E-state index contributed by atoms with van der Waals surface area (Å²) in [7, 11) is 0. The van der Waals surface area contributed by atoms with Gasteiger partial charge in [0, 0.05) is 10.0 Å². The van der Waals surface area contributed by atoms with Gasteiger partial charge in [-0.2, -0.15) is 0 Å². The number of anilines is 1. The number of phenols is 1. The number of imide groups is 2. The number of barbiturate groups is 1. The average Bonchev–Trinajstić information content (AvgIpc) is 2.58. The van der Waals surface area contributed by atoms with Crippen molar-refractivity contribution < 1.29 is 19.5 Å². The minimum absolute atomic E-state index is 0.0866. The maximum absolute atomic E-state index is 12.9. The van der Waals surface area contributed by atoms with Crippen LogP contribution in [0.3, 0.4) is 0 Å². The zero-order valence-electron chi connectivity index (χ0n) is 14.0. The molecule has 0 spiro atoms. The van der Waals surface area contributed by atoms with Crippen molar-refractivity contribution in [3.8, 4) is 5.75 Å². The van der Waals surface area contributed by atoms with Crippen LogP contribution in [0.5, 0.6) is 5.75 Å². The molecule has 2 aromatic carbocycles. The Morgan fingerprint density at radius 3 is 2.58 bits per heavy atom. The van der Waals surface area contributed by atoms with Crippen LogP contribution in [-0.2, 0) is 9.59 Å². The lowest BCUT2D eigenvalue weighted by molar-refractivity contribution is -0.122. The number of phenolic OH excluding ortho intramolecular Hbond substituents is 1. The van der Waals surface area contributed by atoms with Crippen molar-refractivity contribution in [1.82, 2.24) is 5.32 Å². The number of aromatic hydroxyl groups is 1. The molecule has 132 valence electrons. The third kappa shape index (κ3) is 3.13. The Morgan fingerprint density at radius 1 is 1.12 bits per heavy atom. The van der Waals surface area contributed by atoms with E-state index in [0.717, 1.165) is 16.0 Å². The minimum Gasteiger partial charge on any atom is -0.507 e. The summed E-state index contributed by atoms with van der Waals surface area (Å²) in [6.45, 7) is 3.66. The van der Waals surface area contributed by atoms with Crippen molar-refractivity contribution in [2.75, 3.05) is 4.90 Å². The SMILES string of the molecule is Cc1cccc(N2C(=O)NC(=O)/C(=C\c3cc(Br)ccc3O)C2=O)c1C. The molecule has 26 heavy (non-hydrogen) atoms. The van der Waals surface area contributed by atoms with Crippen LogP contribution in [0.2, 0.25) is 0 Å². The molecule has 1 fully saturated rings. The fourth-order valence-electron chi connectivity index (χ4n) is 2.65. The lowest BCUT2D eigenvalue weighted by atomic mass is 10.0. The number of benzene rings is 2. The maximum Gasteiger partial charge on any atom is 0.335 e. The molecule has 0 aromatic heterocycles. The normalized spacial score (nSPS) is 16.2. The quantitative estimate of drug-likeness (QED) is 0.581. The molecule has 7 heteroatoms. The number of rotatable bonds is 2. The van der Waals surface area contributed by atoms with Gasteiger partial charge in [-0.15, -0.1) is 0 Å². The number of aryl methyl sites for hydroxylation is 1. The second kappa shape index (κ2) is 6.76. The third-order valence-corrected chi connectivity index (χ3v) is 4.70. The Bertz CT molecular complexity index is 981. The molecular formula is C19H15BrN2O4. The first-order valence-electron chi connectivity index (χ1n) is 7.76. The first-order valence-corrected chi connectivity index (χ1v) is 8.55. The highest BCUT2D eigenvalue weighted by Crippen LogP contribution is 2.29. The van der Waals surface area contributed by atoms with E-state index < -0.39 is 17.8 Å². The number of halogens is 1. The van der Waals surface area contributed by atoms with E-state index in [-0.39, 0.29) is 16.9 Å². The van der Waals surface area contributed by atoms with E-state index in [9.17, 15) is 19.5 Å². The van der Waals surface area contributed by atoms with E-state index in [1.165, 1.54) is 12.1 Å². The summed E-state index contributed by atoms with van der Waals surface area (Å²) in [4.78, 5) is 38.3. The highest BCUT2D eigenvalue weighted by Gasteiger charge is 2.37. The molecule has 0 atom stereocenters. The molecule has 1 aliphatic heterocycles. The van der Waals surface area contributed by atoms with Gasteiger partial charge < -0.3 is 5.11 Å². The smallest absolute Gasteiger partial charge is 0.335 e. The lowest BCUT2D eigenvalue weighted by Crippen LogP contribution is -2.54. The number of hydrogen-bond donors (Lipinski definition) is 2. The van der Waals surface area contributed by atoms with Crippen molar-refractivity contribution in [1.29, 1.82) is 0 Å². The summed E-state index contributed by atoms with van der Waals surface area (Å²) in [5, 5.41) is 12.1. The van der Waals surface area contributed by atoms with Crippen LogP contribution in [-0.4, -0.2) is 23.0 Å². The minimum atomic E-state index is -0.805. The third-order valence-electron chi connectivity index (χ3n) is 4.21. The van der Waals surface area contributed by atoms with Crippen LogP contribution in [0, 0.1) is 13.8 Å². The summed E-state index contributed by atoms with van der Waals surface area (Å²) in [6, 6.07) is 9.08. The predicted octanol–water partition coefficient (Wildman–Crippen LogP) is 3.44. The van der Waals surface area contributed by atoms with Gasteiger partial charge in [-0.1, -0.05) is 28.1 Å². The molecule has 2 aromatic rings. The Hall–Kier alpha value is -2.93. The zero-order chi connectivity index (χ0) is 19.0. The summed E-state index contributed by atoms with van der Waals surface area (Å²) in [5.74, 6) is -1.63. The van der Waals surface area contributed by atoms with Crippen molar-refractivity contribution in [2.24, 2.45) is 0 Å². The standard InChI is InChI=1S/C19H15BrN2O4/c1-10-4-3-5-15(11(10)2)22-18(25)14(17(24)21-19(22)26)9-12-8-13(20)6-7-16(12)23/h3-9,23H,1-2H3,(H,21,24,26)/b14-9+. The van der Waals surface area contributed by atoms with E-state index in [4.69, 9.17) is 0 Å². The van der Waals surface area contributed by atoms with Crippen molar-refractivity contribution >= 4 is 45.5 Å². The molecule has 0 saturated carbocycles. The molecular weight excluding hydrogens is 400 g/mol. The Balaban J connectivity index is 2.10. The average molecular weight is 415 g/mol. The number of urea groups is 1. The predicted molar refractivity (Wildman–Crippen MR) is 101 cm³/mol. The van der Waals surface area contributed by atoms with Gasteiger partial charge in [-0.3, -0.25) is 14.9 Å². The number of carbonyl (C=O) groups is 3. The summed E-state index contributed by atoms with van der Waals surface area (Å²) in [6.07, 6.45) is 1.27. The van der Waals surface area contributed by atoms with E-state index in [2.05, 4.69) is 21.2 Å². The largest absolute Gasteiger partial charge is 0.507 e. The van der Waals surface area contributed by atoms with Gasteiger partial charge in [0.1, 0.15) is 11.3 Å². The molecule has 6 nitrogen and oxygen atoms in total. The van der Waals surface area contributed by atoms with Crippen LogP contribution in [0.1, 0.15) is 16.7 Å². The second-order valence-electron chi connectivity index (χ2n) is 5.88. The number of carbonyl (C=O) groups excluding carboxylic acids is 3. The van der Waals surface area contributed by atoms with Crippen molar-refractivity contribution in [3.63, 3.8) is 0 Å². The lowest BCUT2D eigenvalue weighted by Gasteiger charge is -2.28. The van der Waals surface area contributed by atoms with Gasteiger partial charge in [-0.05, 0) is 55.3 Å². The van der Waals surface area contributed by atoms with E-state index in [1.807, 2.05) is 13.0 Å². The number of nitrogens with zero attached hydrogens (tertiary/aromatic N) is 1. The molecule has 1 saturated heterocycles. The fourth-order valence-corrected chi connectivity index (χ4v) is 3.03. The Morgan fingerprint density at radius 2 is 1.85 bits per heavy atom. The van der Waals surface area contributed by atoms with Gasteiger partial charge in [0.25, 0.3) is 11.8 Å². The second-order valence-corrected chi connectivity index (χ2v) is 6.80. The highest BCUT2D eigenvalue weighted by atomic mass is 79.9. The van der Waals surface area contributed by atoms with Gasteiger partial charge >= 0.3 is 6.03 Å².